The second-order valence-corrected chi connectivity index (χ2v) is 31.9. The van der Waals surface area contributed by atoms with E-state index in [-0.39, 0.29) is 17.6 Å². The molecule has 0 saturated heterocycles. The molecule has 0 saturated carbocycles. The number of halogens is 5. The van der Waals surface area contributed by atoms with Gasteiger partial charge in [0.05, 0.1) is 0 Å². The van der Waals surface area contributed by atoms with Crippen LogP contribution < -0.4 is 0 Å². The lowest BCUT2D eigenvalue weighted by atomic mass is 11.0. The Morgan fingerprint density at radius 2 is 0.700 bits per heavy atom. The van der Waals surface area contributed by atoms with Crippen LogP contribution in [0.2, 0.25) is 57.9 Å². The van der Waals surface area contributed by atoms with Gasteiger partial charge in [0.2, 0.25) is 6.69 Å². The van der Waals surface area contributed by atoms with Gasteiger partial charge in [0, 0.05) is 17.6 Å². The van der Waals surface area contributed by atoms with Crippen LogP contribution in [0, 0.1) is 0 Å². The average molecular weight is 455 g/mol. The molecule has 0 aliphatic heterocycles. The van der Waals surface area contributed by atoms with Crippen molar-refractivity contribution in [3.63, 3.8) is 0 Å². The van der Waals surface area contributed by atoms with Crippen LogP contribution in [0.15, 0.2) is 0 Å². The Labute approximate surface area is 156 Å². The third-order valence-corrected chi connectivity index (χ3v) is 4.90. The fraction of sp³-hybridized carbons (Fsp3) is 1.00. The second kappa shape index (κ2) is 17.7. The molecule has 0 heterocycles. The lowest BCUT2D eigenvalue weighted by molar-refractivity contribution is 1.41. The van der Waals surface area contributed by atoms with Gasteiger partial charge in [0.1, 0.15) is 0 Å². The van der Waals surface area contributed by atoms with Gasteiger partial charge < -0.3 is 0 Å². The van der Waals surface area contributed by atoms with Crippen LogP contribution in [0.5, 0.6) is 0 Å². The smallest absolute Gasteiger partial charge is 0.146 e. The molecule has 9 heteroatoms. The van der Waals surface area contributed by atoms with Gasteiger partial charge in [-0.2, -0.15) is 0 Å². The molecule has 0 spiro atoms. The molecule has 0 bridgehead atoms. The number of hydrogen-bond acceptors (Lipinski definition) is 0. The van der Waals surface area contributed by atoms with E-state index < -0.39 is 12.7 Å². The highest BCUT2D eigenvalue weighted by Gasteiger charge is 2.13. The van der Waals surface area contributed by atoms with Gasteiger partial charge in [0.15, 0.2) is 0 Å². The van der Waals surface area contributed by atoms with E-state index in [4.69, 9.17) is 55.4 Å². The SMILES string of the molecule is CC[SiH](C)C.CC[SiH](C)C.C[Si](C)(Cl)Cl.C[Si](Cl)(Cl)Cl. The third kappa shape index (κ3) is 190. The first-order valence-corrected chi connectivity index (χ1v) is 23.8. The summed E-state index contributed by atoms with van der Waals surface area (Å²) in [4.78, 5) is 0. The molecule has 0 aromatic carbocycles. The predicted octanol–water partition coefficient (Wildman–Crippen LogP) is 7.42. The zero-order valence-corrected chi connectivity index (χ0v) is 22.5. The Balaban J connectivity index is -0.0000000853. The molecule has 0 unspecified atom stereocenters. The average Bonchev–Trinajstić information content (AvgIpc) is 2.13. The molecule has 0 rings (SSSR count). The van der Waals surface area contributed by atoms with Crippen LogP contribution in [0.4, 0.5) is 0 Å². The Hall–Kier alpha value is 2.32. The van der Waals surface area contributed by atoms with E-state index in [1.54, 1.807) is 6.55 Å². The molecule has 0 nitrogen and oxygen atoms in total. The van der Waals surface area contributed by atoms with Crippen molar-refractivity contribution in [2.45, 2.75) is 71.8 Å². The highest BCUT2D eigenvalue weighted by Crippen LogP contribution is 2.17. The summed E-state index contributed by atoms with van der Waals surface area (Å²) in [6.07, 6.45) is 0. The van der Waals surface area contributed by atoms with Crippen molar-refractivity contribution in [2.24, 2.45) is 0 Å². The molecular weight excluding hydrogens is 422 g/mol. The summed E-state index contributed by atoms with van der Waals surface area (Å²) in [6.45, 7) is 17.6. The minimum atomic E-state index is -2.19. The Morgan fingerprint density at radius 1 is 0.650 bits per heavy atom. The first kappa shape index (κ1) is 30.2. The molecule has 0 aromatic heterocycles. The zero-order chi connectivity index (χ0) is 17.6. The fourth-order valence-corrected chi connectivity index (χ4v) is 0. The fourth-order valence-electron chi connectivity index (χ4n) is 0. The van der Waals surface area contributed by atoms with E-state index in [1.165, 1.54) is 12.1 Å². The van der Waals surface area contributed by atoms with E-state index in [0.717, 1.165) is 0 Å². The zero-order valence-electron chi connectivity index (χ0n) is 14.5. The maximum atomic E-state index is 5.43. The molecule has 0 atom stereocenters. The van der Waals surface area contributed by atoms with E-state index in [1.807, 2.05) is 13.1 Å². The van der Waals surface area contributed by atoms with Gasteiger partial charge in [-0.1, -0.05) is 52.1 Å². The third-order valence-electron chi connectivity index (χ3n) is 1.63. The predicted molar refractivity (Wildman–Crippen MR) is 117 cm³/mol. The van der Waals surface area contributed by atoms with Crippen LogP contribution in [0.1, 0.15) is 13.8 Å². The molecule has 128 valence electrons. The Morgan fingerprint density at radius 3 is 0.700 bits per heavy atom. The summed E-state index contributed by atoms with van der Waals surface area (Å²) >= 11 is 26.5. The largest absolute Gasteiger partial charge is 0.338 e. The van der Waals surface area contributed by atoms with Gasteiger partial charge in [-0.3, -0.25) is 0 Å². The molecule has 20 heavy (non-hydrogen) atoms. The molecule has 0 amide bonds. The maximum Gasteiger partial charge on any atom is 0.338 e. The first-order chi connectivity index (χ1) is 8.54. The number of hydrogen-bond donors (Lipinski definition) is 0. The molecular formula is C11H33Cl5Si4. The summed E-state index contributed by atoms with van der Waals surface area (Å²) in [5.41, 5.74) is 0. The van der Waals surface area contributed by atoms with Crippen LogP contribution >= 0.6 is 55.4 Å². The van der Waals surface area contributed by atoms with Gasteiger partial charge in [-0.05, 0) is 19.6 Å². The molecule has 0 radical (unpaired) electrons. The van der Waals surface area contributed by atoms with Crippen LogP contribution in [0.3, 0.4) is 0 Å². The standard InChI is InChI=1S/2C4H12Si.C2H6Cl2Si.CH3Cl3Si/c2*1-4-5(2)3;2*1-5(2,3)4/h2*5H,4H2,1-3H3;1-2H3;1H3. The van der Waals surface area contributed by atoms with Gasteiger partial charge in [-0.25, -0.2) is 0 Å². The van der Waals surface area contributed by atoms with Crippen molar-refractivity contribution in [3.05, 3.63) is 0 Å². The lowest BCUT2D eigenvalue weighted by Gasteiger charge is -1.93. The van der Waals surface area contributed by atoms with Crippen molar-refractivity contribution in [3.8, 4) is 0 Å². The highest BCUT2D eigenvalue weighted by molar-refractivity contribution is 7.64. The van der Waals surface area contributed by atoms with E-state index >= 15 is 0 Å². The maximum absolute atomic E-state index is 5.43. The Kier molecular flexibility index (Phi) is 26.7. The van der Waals surface area contributed by atoms with Crippen molar-refractivity contribution in [2.75, 3.05) is 0 Å². The molecule has 0 aliphatic carbocycles. The van der Waals surface area contributed by atoms with E-state index in [2.05, 4.69) is 40.0 Å². The summed E-state index contributed by atoms with van der Waals surface area (Å²) in [5.74, 6) is 0. The summed E-state index contributed by atoms with van der Waals surface area (Å²) in [6, 6.07) is 0.694. The quantitative estimate of drug-likeness (QED) is 0.300. The van der Waals surface area contributed by atoms with Gasteiger partial charge in [0.25, 0.3) is 0 Å². The highest BCUT2D eigenvalue weighted by atomic mass is 35.8. The minimum Gasteiger partial charge on any atom is -0.146 e. The van der Waals surface area contributed by atoms with Crippen molar-refractivity contribution in [1.29, 1.82) is 0 Å². The molecule has 0 fully saturated rings. The topological polar surface area (TPSA) is 0 Å². The van der Waals surface area contributed by atoms with E-state index in [9.17, 15) is 0 Å². The first-order valence-electron chi connectivity index (χ1n) is 6.99. The van der Waals surface area contributed by atoms with Gasteiger partial charge in [-0.15, -0.1) is 55.4 Å². The van der Waals surface area contributed by atoms with Crippen LogP contribution in [-0.2, 0) is 0 Å². The van der Waals surface area contributed by atoms with Crippen LogP contribution in [-0.4, -0.2) is 30.3 Å². The minimum absolute atomic E-state index is 0.150. The molecule has 0 N–H and O–H groups in total. The summed E-state index contributed by atoms with van der Waals surface area (Å²) in [5, 5.41) is 0. The van der Waals surface area contributed by atoms with Crippen molar-refractivity contribution in [1.82, 2.24) is 0 Å². The van der Waals surface area contributed by atoms with E-state index in [0.29, 0.717) is 0 Å². The van der Waals surface area contributed by atoms with Gasteiger partial charge >= 0.3 is 6.00 Å². The number of rotatable bonds is 2. The summed E-state index contributed by atoms with van der Waals surface area (Å²) < 4.78 is 0. The van der Waals surface area contributed by atoms with Crippen LogP contribution in [0.25, 0.3) is 0 Å². The summed E-state index contributed by atoms with van der Waals surface area (Å²) in [7, 11) is -0.299. The molecule has 0 aliphatic rings. The lowest BCUT2D eigenvalue weighted by Crippen LogP contribution is -2.02. The van der Waals surface area contributed by atoms with Crippen molar-refractivity contribution >= 4 is 85.7 Å². The Bertz CT molecular complexity index is 147. The van der Waals surface area contributed by atoms with Crippen molar-refractivity contribution < 1.29 is 0 Å². The molecule has 0 aromatic rings. The second-order valence-electron chi connectivity index (χ2n) is 5.71. The normalized spacial score (nSPS) is 10.8. The monoisotopic (exact) mass is 452 g/mol.